The van der Waals surface area contributed by atoms with E-state index in [2.05, 4.69) is 4.74 Å². The van der Waals surface area contributed by atoms with Crippen molar-refractivity contribution in [1.82, 2.24) is 4.72 Å². The highest BCUT2D eigenvalue weighted by molar-refractivity contribution is 7.90. The Kier molecular flexibility index (Phi) is 3.84. The third-order valence-corrected chi connectivity index (χ3v) is 3.28. The van der Waals surface area contributed by atoms with Gasteiger partial charge < -0.3 is 4.74 Å². The van der Waals surface area contributed by atoms with Gasteiger partial charge in [0.2, 0.25) is 0 Å². The number of hydrogen-bond acceptors (Lipinski definition) is 5. The summed E-state index contributed by atoms with van der Waals surface area (Å²) in [5, 5.41) is 0. The molecule has 0 aliphatic rings. The van der Waals surface area contributed by atoms with Gasteiger partial charge in [0.05, 0.1) is 12.0 Å². The number of amides is 1. The van der Waals surface area contributed by atoms with Crippen LogP contribution in [0.4, 0.5) is 0 Å². The molecular weight excluding hydrogens is 246 g/mol. The molecule has 1 aromatic rings. The maximum atomic E-state index is 11.6. The molecule has 0 fully saturated rings. The quantitative estimate of drug-likeness (QED) is 0.593. The summed E-state index contributed by atoms with van der Waals surface area (Å²) in [5.74, 6) is -2.59. The maximum Gasteiger partial charge on any atom is 0.397 e. The minimum absolute atomic E-state index is 0.0969. The molecular formula is C10H11NO5S. The van der Waals surface area contributed by atoms with Crippen LogP contribution in [0, 0.1) is 6.92 Å². The third-order valence-electron chi connectivity index (χ3n) is 1.93. The lowest BCUT2D eigenvalue weighted by molar-refractivity contribution is -0.151. The van der Waals surface area contributed by atoms with Crippen LogP contribution in [0.15, 0.2) is 29.2 Å². The molecule has 92 valence electrons. The third kappa shape index (κ3) is 3.28. The van der Waals surface area contributed by atoms with E-state index in [1.54, 1.807) is 23.8 Å². The molecule has 0 bridgehead atoms. The van der Waals surface area contributed by atoms with Crippen molar-refractivity contribution in [1.29, 1.82) is 0 Å². The van der Waals surface area contributed by atoms with Crippen molar-refractivity contribution >= 4 is 21.9 Å². The number of esters is 1. The lowest BCUT2D eigenvalue weighted by Crippen LogP contribution is -2.36. The van der Waals surface area contributed by atoms with E-state index in [4.69, 9.17) is 0 Å². The van der Waals surface area contributed by atoms with E-state index < -0.39 is 21.9 Å². The van der Waals surface area contributed by atoms with Crippen LogP contribution in [0.25, 0.3) is 0 Å². The van der Waals surface area contributed by atoms with Crippen LogP contribution in [0.5, 0.6) is 0 Å². The van der Waals surface area contributed by atoms with E-state index in [1.165, 1.54) is 12.1 Å². The number of carbonyl (C=O) groups is 2. The predicted molar refractivity (Wildman–Crippen MR) is 58.5 cm³/mol. The van der Waals surface area contributed by atoms with Crippen molar-refractivity contribution in [2.24, 2.45) is 0 Å². The van der Waals surface area contributed by atoms with Crippen molar-refractivity contribution in [3.05, 3.63) is 29.8 Å². The number of carbonyl (C=O) groups excluding carboxylic acids is 2. The summed E-state index contributed by atoms with van der Waals surface area (Å²) < 4.78 is 29.0. The van der Waals surface area contributed by atoms with Crippen LogP contribution in [0.2, 0.25) is 0 Å². The summed E-state index contributed by atoms with van der Waals surface area (Å²) in [6, 6.07) is 5.83. The van der Waals surface area contributed by atoms with E-state index in [0.717, 1.165) is 12.7 Å². The fraction of sp³-hybridized carbons (Fsp3) is 0.200. The number of aryl methyl sites for hydroxylation is 1. The lowest BCUT2D eigenvalue weighted by atomic mass is 10.2. The minimum Gasteiger partial charge on any atom is -0.462 e. The molecule has 0 saturated heterocycles. The molecule has 0 radical (unpaired) electrons. The second-order valence-electron chi connectivity index (χ2n) is 3.24. The van der Waals surface area contributed by atoms with E-state index >= 15 is 0 Å². The van der Waals surface area contributed by atoms with Crippen LogP contribution in [0.3, 0.4) is 0 Å². The van der Waals surface area contributed by atoms with E-state index in [-0.39, 0.29) is 4.90 Å². The first-order valence-electron chi connectivity index (χ1n) is 4.58. The number of benzene rings is 1. The molecule has 1 rings (SSSR count). The zero-order valence-electron chi connectivity index (χ0n) is 9.26. The molecule has 6 nitrogen and oxygen atoms in total. The molecule has 0 aliphatic carbocycles. The fourth-order valence-electron chi connectivity index (χ4n) is 1.03. The van der Waals surface area contributed by atoms with Gasteiger partial charge in [-0.05, 0) is 19.1 Å². The van der Waals surface area contributed by atoms with Crippen molar-refractivity contribution in [3.63, 3.8) is 0 Å². The van der Waals surface area contributed by atoms with Crippen LogP contribution >= 0.6 is 0 Å². The van der Waals surface area contributed by atoms with Crippen molar-refractivity contribution < 1.29 is 22.7 Å². The van der Waals surface area contributed by atoms with Gasteiger partial charge in [0.25, 0.3) is 10.0 Å². The van der Waals surface area contributed by atoms with Crippen LogP contribution < -0.4 is 4.72 Å². The Labute approximate surface area is 98.6 Å². The summed E-state index contributed by atoms with van der Waals surface area (Å²) in [7, 11) is -3.05. The Morgan fingerprint density at radius 2 is 1.71 bits per heavy atom. The molecule has 1 aromatic carbocycles. The van der Waals surface area contributed by atoms with Gasteiger partial charge in [0, 0.05) is 0 Å². The highest BCUT2D eigenvalue weighted by atomic mass is 32.2. The second kappa shape index (κ2) is 4.96. The number of rotatable bonds is 2. The second-order valence-corrected chi connectivity index (χ2v) is 4.92. The maximum absolute atomic E-state index is 11.6. The van der Waals surface area contributed by atoms with Gasteiger partial charge in [-0.25, -0.2) is 17.9 Å². The summed E-state index contributed by atoms with van der Waals surface area (Å²) in [4.78, 5) is 21.7. The van der Waals surface area contributed by atoms with E-state index in [1.807, 2.05) is 0 Å². The Hall–Kier alpha value is -1.89. The minimum atomic E-state index is -4.03. The SMILES string of the molecule is COC(=O)C(=O)NS(=O)(=O)c1ccc(C)cc1. The molecule has 0 aliphatic heterocycles. The number of nitrogens with one attached hydrogen (secondary N) is 1. The topological polar surface area (TPSA) is 89.5 Å². The predicted octanol–water partition coefficient (Wildman–Crippen LogP) is -0.0271. The van der Waals surface area contributed by atoms with E-state index in [0.29, 0.717) is 0 Å². The first-order valence-corrected chi connectivity index (χ1v) is 6.07. The first kappa shape index (κ1) is 13.2. The van der Waals surface area contributed by atoms with Crippen LogP contribution in [-0.2, 0) is 24.3 Å². The molecule has 1 amide bonds. The summed E-state index contributed by atoms with van der Waals surface area (Å²) >= 11 is 0. The van der Waals surface area contributed by atoms with Gasteiger partial charge in [0.1, 0.15) is 0 Å². The van der Waals surface area contributed by atoms with Crippen molar-refractivity contribution in [2.45, 2.75) is 11.8 Å². The number of ether oxygens (including phenoxy) is 1. The average molecular weight is 257 g/mol. The number of methoxy groups -OCH3 is 1. The lowest BCUT2D eigenvalue weighted by Gasteiger charge is -2.05. The van der Waals surface area contributed by atoms with Gasteiger partial charge in [-0.15, -0.1) is 0 Å². The zero-order valence-corrected chi connectivity index (χ0v) is 10.1. The standard InChI is InChI=1S/C10H11NO5S/c1-7-3-5-8(6-4-7)17(14,15)11-9(12)10(13)16-2/h3-6H,1-2H3,(H,11,12). The highest BCUT2D eigenvalue weighted by Crippen LogP contribution is 2.09. The first-order chi connectivity index (χ1) is 7.86. The molecule has 1 N–H and O–H groups in total. The van der Waals surface area contributed by atoms with Gasteiger partial charge in [0.15, 0.2) is 0 Å². The Morgan fingerprint density at radius 1 is 1.18 bits per heavy atom. The van der Waals surface area contributed by atoms with Crippen LogP contribution in [0.1, 0.15) is 5.56 Å². The van der Waals surface area contributed by atoms with Crippen molar-refractivity contribution in [3.8, 4) is 0 Å². The Bertz CT molecular complexity index is 532. The summed E-state index contributed by atoms with van der Waals surface area (Å²) in [6.07, 6.45) is 0. The average Bonchev–Trinajstić information content (AvgIpc) is 2.27. The summed E-state index contributed by atoms with van der Waals surface area (Å²) in [5.41, 5.74) is 0.878. The molecule has 0 saturated carbocycles. The van der Waals surface area contributed by atoms with Crippen molar-refractivity contribution in [2.75, 3.05) is 7.11 Å². The van der Waals surface area contributed by atoms with Gasteiger partial charge >= 0.3 is 11.9 Å². The largest absolute Gasteiger partial charge is 0.462 e. The monoisotopic (exact) mass is 257 g/mol. The normalized spacial score (nSPS) is 10.7. The molecule has 0 spiro atoms. The molecule has 0 aromatic heterocycles. The van der Waals surface area contributed by atoms with Gasteiger partial charge in [-0.2, -0.15) is 0 Å². The molecule has 7 heteroatoms. The Morgan fingerprint density at radius 3 is 2.18 bits per heavy atom. The Balaban J connectivity index is 2.93. The smallest absolute Gasteiger partial charge is 0.397 e. The molecule has 0 unspecified atom stereocenters. The van der Waals surface area contributed by atoms with E-state index in [9.17, 15) is 18.0 Å². The number of hydrogen-bond donors (Lipinski definition) is 1. The summed E-state index contributed by atoms with van der Waals surface area (Å²) in [6.45, 7) is 1.80. The molecule has 0 heterocycles. The highest BCUT2D eigenvalue weighted by Gasteiger charge is 2.22. The fourth-order valence-corrected chi connectivity index (χ4v) is 1.97. The van der Waals surface area contributed by atoms with Gasteiger partial charge in [-0.1, -0.05) is 17.7 Å². The van der Waals surface area contributed by atoms with Crippen LogP contribution in [-0.4, -0.2) is 27.4 Å². The zero-order chi connectivity index (χ0) is 13.1. The van der Waals surface area contributed by atoms with Gasteiger partial charge in [-0.3, -0.25) is 4.79 Å². The number of sulfonamides is 1. The molecule has 17 heavy (non-hydrogen) atoms. The molecule has 0 atom stereocenters.